The summed E-state index contributed by atoms with van der Waals surface area (Å²) in [5.41, 5.74) is 1.01. The second-order valence-electron chi connectivity index (χ2n) is 8.40. The molecule has 1 aromatic rings. The van der Waals surface area contributed by atoms with Gasteiger partial charge in [-0.15, -0.1) is 11.8 Å². The minimum Gasteiger partial charge on any atom is -0.497 e. The van der Waals surface area contributed by atoms with Crippen molar-refractivity contribution in [3.8, 4) is 5.75 Å². The van der Waals surface area contributed by atoms with Crippen molar-refractivity contribution in [2.45, 2.75) is 70.8 Å². The van der Waals surface area contributed by atoms with Gasteiger partial charge in [-0.1, -0.05) is 37.6 Å². The lowest BCUT2D eigenvalue weighted by atomic mass is 10.0. The van der Waals surface area contributed by atoms with E-state index in [1.54, 1.807) is 18.9 Å². The molecule has 0 saturated carbocycles. The largest absolute Gasteiger partial charge is 0.497 e. The number of methoxy groups -OCH3 is 2. The second kappa shape index (κ2) is 18.9. The van der Waals surface area contributed by atoms with E-state index in [-0.39, 0.29) is 17.9 Å². The summed E-state index contributed by atoms with van der Waals surface area (Å²) < 4.78 is 15.6. The van der Waals surface area contributed by atoms with Crippen molar-refractivity contribution in [3.05, 3.63) is 52.6 Å². The lowest BCUT2D eigenvalue weighted by Gasteiger charge is -2.13. The number of esters is 2. The normalized spacial score (nSPS) is 15.9. The Morgan fingerprint density at radius 3 is 2.61 bits per heavy atom. The smallest absolute Gasteiger partial charge is 0.310 e. The molecule has 0 fully saturated rings. The van der Waals surface area contributed by atoms with Crippen molar-refractivity contribution in [3.63, 3.8) is 0 Å². The Kier molecular flexibility index (Phi) is 16.7. The zero-order valence-corrected chi connectivity index (χ0v) is 22.9. The number of hydrogen-bond donors (Lipinski definition) is 2. The van der Waals surface area contributed by atoms with E-state index in [1.807, 2.05) is 43.3 Å². The maximum atomic E-state index is 12.1. The van der Waals surface area contributed by atoms with Crippen LogP contribution in [0.2, 0.25) is 0 Å². The van der Waals surface area contributed by atoms with Crippen LogP contribution in [0.15, 0.2) is 47.1 Å². The minimum atomic E-state index is -0.608. The number of carbonyl (C=O) groups is 2. The molecule has 0 bridgehead atoms. The first-order chi connectivity index (χ1) is 17.5. The number of allylic oxidation sites excluding steroid dienone is 3. The Morgan fingerprint density at radius 2 is 1.92 bits per heavy atom. The molecule has 8 heteroatoms. The molecule has 0 aromatic heterocycles. The van der Waals surface area contributed by atoms with Gasteiger partial charge in [0.1, 0.15) is 11.5 Å². The average Bonchev–Trinajstić information content (AvgIpc) is 3.26. The third-order valence-corrected chi connectivity index (χ3v) is 6.97. The van der Waals surface area contributed by atoms with Crippen LogP contribution in [-0.2, 0) is 25.5 Å². The Morgan fingerprint density at radius 1 is 1.14 bits per heavy atom. The number of benzene rings is 1. The van der Waals surface area contributed by atoms with Gasteiger partial charge >= 0.3 is 11.9 Å². The van der Waals surface area contributed by atoms with Gasteiger partial charge in [-0.05, 0) is 49.1 Å². The Bertz CT molecular complexity index is 850. The van der Waals surface area contributed by atoms with E-state index < -0.39 is 6.10 Å². The first kappa shape index (κ1) is 31.7. The summed E-state index contributed by atoms with van der Waals surface area (Å²) in [6, 6.07) is 7.71. The summed E-state index contributed by atoms with van der Waals surface area (Å²) >= 11 is 1.72. The standard InChI is InChI=1S/C27H38O6S.CH4O/c1-4-9-26(30)33-24-16-14-21(27(24)34-17-7-5-6-12-25(29)32-3)13-15-22(28)18-20-10-8-11-23(19-20)31-2;1-2/h8,10-11,13,15,19,21-22,28H,4-7,9,12,14,16-18H2,1-3H3;2H,1H3/b15-13+;. The van der Waals surface area contributed by atoms with Crippen LogP contribution in [0.3, 0.4) is 0 Å². The Hall–Kier alpha value is -2.29. The molecular weight excluding hydrogens is 480 g/mol. The molecule has 0 amide bonds. The molecule has 1 aliphatic carbocycles. The van der Waals surface area contributed by atoms with Gasteiger partial charge in [0.25, 0.3) is 0 Å². The zero-order valence-electron chi connectivity index (χ0n) is 22.0. The fraction of sp³-hybridized carbons (Fsp3) is 0.571. The summed E-state index contributed by atoms with van der Waals surface area (Å²) in [7, 11) is 4.04. The van der Waals surface area contributed by atoms with E-state index in [0.717, 1.165) is 73.4 Å². The van der Waals surface area contributed by atoms with Crippen molar-refractivity contribution in [1.29, 1.82) is 0 Å². The van der Waals surface area contributed by atoms with Crippen molar-refractivity contribution in [2.75, 3.05) is 27.1 Å². The number of unbranched alkanes of at least 4 members (excludes halogenated alkanes) is 2. The van der Waals surface area contributed by atoms with Gasteiger partial charge in [-0.2, -0.15) is 0 Å². The molecule has 2 N–H and O–H groups in total. The fourth-order valence-electron chi connectivity index (χ4n) is 3.82. The molecule has 0 radical (unpaired) electrons. The van der Waals surface area contributed by atoms with Gasteiger partial charge in [-0.3, -0.25) is 9.59 Å². The second-order valence-corrected chi connectivity index (χ2v) is 9.54. The average molecular weight is 523 g/mol. The van der Waals surface area contributed by atoms with Gasteiger partial charge in [-0.25, -0.2) is 0 Å². The van der Waals surface area contributed by atoms with E-state index in [1.165, 1.54) is 7.11 Å². The summed E-state index contributed by atoms with van der Waals surface area (Å²) in [4.78, 5) is 24.4. The van der Waals surface area contributed by atoms with E-state index in [9.17, 15) is 14.7 Å². The van der Waals surface area contributed by atoms with Crippen LogP contribution in [0.1, 0.15) is 63.9 Å². The number of aliphatic hydroxyl groups is 2. The SMILES string of the molecule is CCCC(=O)OC1=C(SCCCCCC(=O)OC)C(/C=C/C(O)Cc2cccc(OC)c2)CC1.CO. The van der Waals surface area contributed by atoms with E-state index >= 15 is 0 Å². The topological polar surface area (TPSA) is 102 Å². The highest BCUT2D eigenvalue weighted by Crippen LogP contribution is 2.41. The molecule has 1 aromatic carbocycles. The molecular formula is C28H42O7S. The monoisotopic (exact) mass is 522 g/mol. The highest BCUT2D eigenvalue weighted by Gasteiger charge is 2.27. The maximum absolute atomic E-state index is 12.1. The molecule has 0 spiro atoms. The molecule has 0 aliphatic heterocycles. The first-order valence-electron chi connectivity index (χ1n) is 12.5. The van der Waals surface area contributed by atoms with E-state index in [4.69, 9.17) is 14.6 Å². The molecule has 2 rings (SSSR count). The Balaban J connectivity index is 0.00000316. The molecule has 2 unspecified atom stereocenters. The van der Waals surface area contributed by atoms with Gasteiger partial charge in [0.05, 0.1) is 20.3 Å². The third-order valence-electron chi connectivity index (χ3n) is 5.64. The van der Waals surface area contributed by atoms with Crippen LogP contribution in [-0.4, -0.2) is 55.3 Å². The summed E-state index contributed by atoms with van der Waals surface area (Å²) in [6.07, 6.45) is 9.71. The van der Waals surface area contributed by atoms with Crippen molar-refractivity contribution in [2.24, 2.45) is 5.92 Å². The molecule has 36 heavy (non-hydrogen) atoms. The van der Waals surface area contributed by atoms with Crippen LogP contribution >= 0.6 is 11.8 Å². The molecule has 0 saturated heterocycles. The zero-order chi connectivity index (χ0) is 26.8. The summed E-state index contributed by atoms with van der Waals surface area (Å²) in [6.45, 7) is 1.96. The number of hydrogen-bond acceptors (Lipinski definition) is 8. The molecule has 7 nitrogen and oxygen atoms in total. The van der Waals surface area contributed by atoms with Gasteiger partial charge in [0, 0.05) is 43.6 Å². The number of aliphatic hydroxyl groups excluding tert-OH is 2. The predicted molar refractivity (Wildman–Crippen MR) is 144 cm³/mol. The summed E-state index contributed by atoms with van der Waals surface area (Å²) in [5, 5.41) is 17.6. The van der Waals surface area contributed by atoms with Gasteiger partial charge in [0.15, 0.2) is 0 Å². The number of thioether (sulfide) groups is 1. The first-order valence-corrected chi connectivity index (χ1v) is 13.5. The van der Waals surface area contributed by atoms with E-state index in [2.05, 4.69) is 4.74 Å². The van der Waals surface area contributed by atoms with Crippen LogP contribution in [0.4, 0.5) is 0 Å². The van der Waals surface area contributed by atoms with Gasteiger partial charge in [0.2, 0.25) is 0 Å². The van der Waals surface area contributed by atoms with Crippen molar-refractivity contribution < 1.29 is 34.0 Å². The number of rotatable bonds is 15. The fourth-order valence-corrected chi connectivity index (χ4v) is 5.10. The van der Waals surface area contributed by atoms with Crippen LogP contribution in [0, 0.1) is 5.92 Å². The Labute approximate surface area is 219 Å². The molecule has 2 atom stereocenters. The molecule has 1 aliphatic rings. The highest BCUT2D eigenvalue weighted by atomic mass is 32.2. The molecule has 202 valence electrons. The van der Waals surface area contributed by atoms with Crippen LogP contribution < -0.4 is 4.74 Å². The lowest BCUT2D eigenvalue weighted by Crippen LogP contribution is -2.08. The molecule has 0 heterocycles. The van der Waals surface area contributed by atoms with Crippen molar-refractivity contribution >= 4 is 23.7 Å². The maximum Gasteiger partial charge on any atom is 0.310 e. The number of ether oxygens (including phenoxy) is 3. The predicted octanol–water partition coefficient (Wildman–Crippen LogP) is 5.19. The lowest BCUT2D eigenvalue weighted by molar-refractivity contribution is -0.141. The van der Waals surface area contributed by atoms with E-state index in [0.29, 0.717) is 19.3 Å². The van der Waals surface area contributed by atoms with Crippen LogP contribution in [0.25, 0.3) is 0 Å². The number of carbonyl (C=O) groups excluding carboxylic acids is 2. The van der Waals surface area contributed by atoms with Crippen LogP contribution in [0.5, 0.6) is 5.75 Å². The summed E-state index contributed by atoms with van der Waals surface area (Å²) in [5.74, 6) is 2.21. The van der Waals surface area contributed by atoms with Crippen molar-refractivity contribution in [1.82, 2.24) is 0 Å². The highest BCUT2D eigenvalue weighted by molar-refractivity contribution is 8.03. The minimum absolute atomic E-state index is 0.129. The quantitative estimate of drug-likeness (QED) is 0.184. The van der Waals surface area contributed by atoms with Gasteiger partial charge < -0.3 is 24.4 Å². The third kappa shape index (κ3) is 12.1.